The van der Waals surface area contributed by atoms with E-state index in [0.29, 0.717) is 24.5 Å². The van der Waals surface area contributed by atoms with Crippen molar-refractivity contribution in [2.24, 2.45) is 0 Å². The Bertz CT molecular complexity index is 1010. The van der Waals surface area contributed by atoms with Crippen molar-refractivity contribution < 1.29 is 14.1 Å². The molecule has 0 unspecified atom stereocenters. The van der Waals surface area contributed by atoms with Gasteiger partial charge in [0.2, 0.25) is 0 Å². The fourth-order valence-corrected chi connectivity index (χ4v) is 3.60. The molecule has 3 aromatic rings. The third kappa shape index (κ3) is 4.07. The fraction of sp³-hybridized carbons (Fsp3) is 0.273. The number of carbonyl (C=O) groups excluding carboxylic acids is 1. The summed E-state index contributed by atoms with van der Waals surface area (Å²) in [5.74, 6) is 1.33. The third-order valence-corrected chi connectivity index (χ3v) is 5.18. The minimum absolute atomic E-state index is 0. The number of fused-ring (bicyclic) bond motifs is 1. The van der Waals surface area contributed by atoms with Crippen molar-refractivity contribution in [1.82, 2.24) is 5.16 Å². The number of nitrogen functional groups attached to an aromatic ring is 1. The molecule has 6 nitrogen and oxygen atoms in total. The Hall–Kier alpha value is -2.99. The minimum Gasteiger partial charge on any atom is -0.489 e. The number of carbonyl (C=O) groups is 1. The van der Waals surface area contributed by atoms with E-state index in [1.54, 1.807) is 6.07 Å². The molecule has 1 aliphatic heterocycles. The zero-order valence-corrected chi connectivity index (χ0v) is 17.3. The summed E-state index contributed by atoms with van der Waals surface area (Å²) >= 11 is 0. The normalized spacial score (nSPS) is 12.8. The highest BCUT2D eigenvalue weighted by atomic mass is 35.5. The number of hydrogen-bond acceptors (Lipinski definition) is 5. The maximum atomic E-state index is 13.2. The number of hydrogen-bond donors (Lipinski definition) is 1. The molecule has 0 aliphatic carbocycles. The van der Waals surface area contributed by atoms with Crippen LogP contribution in [0, 0.1) is 13.8 Å². The summed E-state index contributed by atoms with van der Waals surface area (Å²) in [4.78, 5) is 15.0. The van der Waals surface area contributed by atoms with Crippen LogP contribution in [0.1, 0.15) is 39.4 Å². The van der Waals surface area contributed by atoms with Crippen molar-refractivity contribution in [3.8, 4) is 5.75 Å². The summed E-state index contributed by atoms with van der Waals surface area (Å²) in [6, 6.07) is 13.0. The monoisotopic (exact) mass is 413 g/mol. The lowest BCUT2D eigenvalue weighted by Crippen LogP contribution is -2.35. The largest absolute Gasteiger partial charge is 0.489 e. The molecule has 0 fully saturated rings. The molecule has 7 heteroatoms. The summed E-state index contributed by atoms with van der Waals surface area (Å²) in [7, 11) is 0. The van der Waals surface area contributed by atoms with E-state index in [1.165, 1.54) is 0 Å². The van der Waals surface area contributed by atoms with Crippen molar-refractivity contribution >= 4 is 29.7 Å². The van der Waals surface area contributed by atoms with Gasteiger partial charge in [-0.2, -0.15) is 0 Å². The molecule has 1 amide bonds. The van der Waals surface area contributed by atoms with Gasteiger partial charge in [-0.3, -0.25) is 4.79 Å². The first-order valence-electron chi connectivity index (χ1n) is 9.38. The smallest absolute Gasteiger partial charge is 0.258 e. The van der Waals surface area contributed by atoms with Crippen LogP contribution in [0.15, 0.2) is 47.0 Å². The molecule has 0 saturated heterocycles. The van der Waals surface area contributed by atoms with Crippen molar-refractivity contribution in [3.63, 3.8) is 0 Å². The van der Waals surface area contributed by atoms with Gasteiger partial charge in [0.05, 0.1) is 11.3 Å². The lowest BCUT2D eigenvalue weighted by Gasteiger charge is -2.30. The number of nitrogens with zero attached hydrogens (tertiary/aromatic N) is 2. The zero-order valence-electron chi connectivity index (χ0n) is 16.5. The molecule has 0 spiro atoms. The van der Waals surface area contributed by atoms with Crippen LogP contribution in [-0.2, 0) is 13.0 Å². The second kappa shape index (κ2) is 8.57. The molecule has 0 radical (unpaired) electrons. The van der Waals surface area contributed by atoms with E-state index in [0.717, 1.165) is 46.8 Å². The quantitative estimate of drug-likeness (QED) is 0.638. The maximum absolute atomic E-state index is 13.2. The number of ether oxygens (including phenoxy) is 1. The van der Waals surface area contributed by atoms with Gasteiger partial charge in [-0.25, -0.2) is 0 Å². The van der Waals surface area contributed by atoms with E-state index in [4.69, 9.17) is 15.0 Å². The Balaban J connectivity index is 0.00000240. The van der Waals surface area contributed by atoms with Gasteiger partial charge in [0.1, 0.15) is 18.1 Å². The third-order valence-electron chi connectivity index (χ3n) is 5.18. The molecular formula is C22H24ClN3O3. The number of benzene rings is 2. The van der Waals surface area contributed by atoms with E-state index in [-0.39, 0.29) is 18.3 Å². The van der Waals surface area contributed by atoms with Crippen molar-refractivity contribution in [2.45, 2.75) is 33.3 Å². The molecule has 2 aromatic carbocycles. The Morgan fingerprint density at radius 2 is 2.03 bits per heavy atom. The molecule has 2 N–H and O–H groups in total. The van der Waals surface area contributed by atoms with Gasteiger partial charge in [0, 0.05) is 23.5 Å². The zero-order chi connectivity index (χ0) is 19.7. The van der Waals surface area contributed by atoms with Crippen LogP contribution in [0.5, 0.6) is 5.75 Å². The van der Waals surface area contributed by atoms with Gasteiger partial charge in [-0.05, 0) is 62.6 Å². The molecule has 4 rings (SSSR count). The summed E-state index contributed by atoms with van der Waals surface area (Å²) in [6.07, 6.45) is 1.79. The van der Waals surface area contributed by atoms with Crippen molar-refractivity contribution in [1.29, 1.82) is 0 Å². The molecule has 1 aliphatic rings. The number of halogens is 1. The van der Waals surface area contributed by atoms with E-state index in [2.05, 4.69) is 5.16 Å². The molecule has 2 heterocycles. The first-order chi connectivity index (χ1) is 13.5. The number of nitrogens with two attached hydrogens (primary N) is 1. The molecule has 0 bridgehead atoms. The first-order valence-corrected chi connectivity index (χ1v) is 9.38. The van der Waals surface area contributed by atoms with Crippen LogP contribution < -0.4 is 15.4 Å². The van der Waals surface area contributed by atoms with Crippen LogP contribution in [0.2, 0.25) is 0 Å². The Kier molecular flexibility index (Phi) is 6.13. The second-order valence-electron chi connectivity index (χ2n) is 7.02. The van der Waals surface area contributed by atoms with Crippen molar-refractivity contribution in [3.05, 3.63) is 70.6 Å². The van der Waals surface area contributed by atoms with E-state index in [9.17, 15) is 4.79 Å². The van der Waals surface area contributed by atoms with Crippen LogP contribution in [0.3, 0.4) is 0 Å². The number of anilines is 2. The van der Waals surface area contributed by atoms with Gasteiger partial charge in [0.15, 0.2) is 0 Å². The predicted octanol–water partition coefficient (Wildman–Crippen LogP) is 4.47. The topological polar surface area (TPSA) is 81.6 Å². The van der Waals surface area contributed by atoms with E-state index < -0.39 is 0 Å². The highest BCUT2D eigenvalue weighted by Crippen LogP contribution is 2.32. The molecule has 29 heavy (non-hydrogen) atoms. The number of aryl methyl sites for hydroxylation is 2. The summed E-state index contributed by atoms with van der Waals surface area (Å²) in [5.41, 5.74) is 11.1. The molecule has 1 aromatic heterocycles. The van der Waals surface area contributed by atoms with E-state index in [1.807, 2.05) is 55.1 Å². The Morgan fingerprint density at radius 3 is 2.79 bits per heavy atom. The highest BCUT2D eigenvalue weighted by molar-refractivity contribution is 6.07. The van der Waals surface area contributed by atoms with Crippen LogP contribution >= 0.6 is 12.4 Å². The summed E-state index contributed by atoms with van der Waals surface area (Å²) in [5, 5.41) is 3.94. The van der Waals surface area contributed by atoms with Crippen LogP contribution in [-0.4, -0.2) is 17.6 Å². The second-order valence-corrected chi connectivity index (χ2v) is 7.02. The minimum atomic E-state index is -0.0469. The standard InChI is InChI=1S/C22H23N3O3.ClH/c1-14-19(15(2)28-24-14)13-27-17-7-3-6-16(12-17)22(26)25-11-5-8-18-20(23)9-4-10-21(18)25;/h3-4,6-7,9-10,12H,5,8,11,13,23H2,1-2H3;1H. The fourth-order valence-electron chi connectivity index (χ4n) is 3.60. The van der Waals surface area contributed by atoms with Crippen LogP contribution in [0.25, 0.3) is 0 Å². The Morgan fingerprint density at radius 1 is 1.24 bits per heavy atom. The number of amides is 1. The molecule has 0 saturated carbocycles. The van der Waals surface area contributed by atoms with Gasteiger partial charge in [-0.15, -0.1) is 12.4 Å². The van der Waals surface area contributed by atoms with Gasteiger partial charge in [-0.1, -0.05) is 17.3 Å². The Labute approximate surface area is 176 Å². The van der Waals surface area contributed by atoms with Crippen molar-refractivity contribution in [2.75, 3.05) is 17.2 Å². The first kappa shape index (κ1) is 20.7. The SMILES string of the molecule is Cc1noc(C)c1COc1cccc(C(=O)N2CCCc3c(N)cccc32)c1.Cl. The molecule has 152 valence electrons. The number of aromatic nitrogens is 1. The molecular weight excluding hydrogens is 390 g/mol. The van der Waals surface area contributed by atoms with Gasteiger partial charge >= 0.3 is 0 Å². The van der Waals surface area contributed by atoms with Gasteiger partial charge < -0.3 is 19.9 Å². The van der Waals surface area contributed by atoms with Gasteiger partial charge in [0.25, 0.3) is 5.91 Å². The summed E-state index contributed by atoms with van der Waals surface area (Å²) in [6.45, 7) is 4.77. The lowest BCUT2D eigenvalue weighted by atomic mass is 9.99. The maximum Gasteiger partial charge on any atom is 0.258 e. The highest BCUT2D eigenvalue weighted by Gasteiger charge is 2.25. The average molecular weight is 414 g/mol. The van der Waals surface area contributed by atoms with Crippen LogP contribution in [0.4, 0.5) is 11.4 Å². The average Bonchev–Trinajstić information content (AvgIpc) is 3.03. The number of rotatable bonds is 4. The molecule has 0 atom stereocenters. The lowest BCUT2D eigenvalue weighted by molar-refractivity contribution is 0.0984. The van der Waals surface area contributed by atoms with E-state index >= 15 is 0 Å². The summed E-state index contributed by atoms with van der Waals surface area (Å²) < 4.78 is 11.1. The predicted molar refractivity (Wildman–Crippen MR) is 115 cm³/mol.